The number of aromatic hydroxyl groups is 1. The molecule has 0 fully saturated rings. The van der Waals surface area contributed by atoms with Crippen LogP contribution in [-0.4, -0.2) is 16.7 Å². The van der Waals surface area contributed by atoms with E-state index >= 15 is 0 Å². The van der Waals surface area contributed by atoms with Crippen molar-refractivity contribution < 1.29 is 9.90 Å². The third kappa shape index (κ3) is 1.48. The van der Waals surface area contributed by atoms with Crippen molar-refractivity contribution in [3.8, 4) is 5.75 Å². The highest BCUT2D eigenvalue weighted by Crippen LogP contribution is 2.28. The van der Waals surface area contributed by atoms with Crippen molar-refractivity contribution in [3.63, 3.8) is 0 Å². The number of benzene rings is 1. The molecule has 1 aliphatic rings. The van der Waals surface area contributed by atoms with Crippen LogP contribution >= 0.6 is 0 Å². The van der Waals surface area contributed by atoms with Gasteiger partial charge in [0.25, 0.3) is 5.91 Å². The van der Waals surface area contributed by atoms with Gasteiger partial charge in [-0.25, -0.2) is 5.43 Å². The van der Waals surface area contributed by atoms with E-state index in [-0.39, 0.29) is 11.7 Å². The van der Waals surface area contributed by atoms with Gasteiger partial charge in [0, 0.05) is 5.56 Å². The number of carbonyl (C=O) groups is 1. The third-order valence-electron chi connectivity index (χ3n) is 2.55. The summed E-state index contributed by atoms with van der Waals surface area (Å²) in [5.74, 6) is 0.0474. The van der Waals surface area contributed by atoms with Gasteiger partial charge in [0.1, 0.15) is 5.75 Å². The second-order valence-electron chi connectivity index (χ2n) is 4.08. The molecule has 2 rings (SSSR count). The van der Waals surface area contributed by atoms with Gasteiger partial charge in [0.15, 0.2) is 0 Å². The lowest BCUT2D eigenvalue weighted by Crippen LogP contribution is -2.32. The standard InChI is InChI=1S/C11H12N2O2/c1-11(2)9(12-13-10(11)15)7-4-3-5-8(14)6-7/h3-6,14H,1-2H3,(H,13,15). The molecule has 0 saturated heterocycles. The third-order valence-corrected chi connectivity index (χ3v) is 2.55. The largest absolute Gasteiger partial charge is 0.508 e. The highest BCUT2D eigenvalue weighted by Gasteiger charge is 2.39. The minimum Gasteiger partial charge on any atom is -0.508 e. The number of hydrazone groups is 1. The topological polar surface area (TPSA) is 61.7 Å². The molecule has 0 spiro atoms. The first-order valence-corrected chi connectivity index (χ1v) is 4.70. The van der Waals surface area contributed by atoms with Crippen LogP contribution < -0.4 is 5.43 Å². The average molecular weight is 204 g/mol. The van der Waals surface area contributed by atoms with Gasteiger partial charge in [-0.3, -0.25) is 4.79 Å². The average Bonchev–Trinajstić information content (AvgIpc) is 2.42. The van der Waals surface area contributed by atoms with Gasteiger partial charge in [-0.2, -0.15) is 5.10 Å². The summed E-state index contributed by atoms with van der Waals surface area (Å²) in [5, 5.41) is 13.3. The molecule has 1 aromatic carbocycles. The number of nitrogens with zero attached hydrogens (tertiary/aromatic N) is 1. The van der Waals surface area contributed by atoms with E-state index in [1.807, 2.05) is 6.07 Å². The fraction of sp³-hybridized carbons (Fsp3) is 0.273. The quantitative estimate of drug-likeness (QED) is 0.723. The SMILES string of the molecule is CC1(C)C(=O)NN=C1c1cccc(O)c1. The summed E-state index contributed by atoms with van der Waals surface area (Å²) in [7, 11) is 0. The van der Waals surface area contributed by atoms with Crippen molar-refractivity contribution in [3.05, 3.63) is 29.8 Å². The van der Waals surface area contributed by atoms with Crippen LogP contribution in [0.3, 0.4) is 0 Å². The minimum absolute atomic E-state index is 0.124. The fourth-order valence-corrected chi connectivity index (χ4v) is 1.57. The van der Waals surface area contributed by atoms with Crippen molar-refractivity contribution in [1.82, 2.24) is 5.43 Å². The molecule has 2 N–H and O–H groups in total. The second-order valence-corrected chi connectivity index (χ2v) is 4.08. The lowest BCUT2D eigenvalue weighted by Gasteiger charge is -2.16. The van der Waals surface area contributed by atoms with Gasteiger partial charge in [0.2, 0.25) is 0 Å². The Bertz CT molecular complexity index is 450. The van der Waals surface area contributed by atoms with Crippen LogP contribution in [0, 0.1) is 5.41 Å². The smallest absolute Gasteiger partial charge is 0.251 e. The van der Waals surface area contributed by atoms with Crippen LogP contribution in [0.1, 0.15) is 19.4 Å². The lowest BCUT2D eigenvalue weighted by molar-refractivity contribution is -0.125. The number of carbonyl (C=O) groups excluding carboxylic acids is 1. The maximum absolute atomic E-state index is 11.5. The van der Waals surface area contributed by atoms with Crippen LogP contribution in [0.4, 0.5) is 0 Å². The monoisotopic (exact) mass is 204 g/mol. The zero-order chi connectivity index (χ0) is 11.1. The molecule has 4 nitrogen and oxygen atoms in total. The molecule has 0 bridgehead atoms. The molecule has 0 saturated carbocycles. The Balaban J connectivity index is 2.45. The summed E-state index contributed by atoms with van der Waals surface area (Å²) in [6.45, 7) is 3.61. The van der Waals surface area contributed by atoms with Gasteiger partial charge in [-0.15, -0.1) is 0 Å². The van der Waals surface area contributed by atoms with E-state index in [0.717, 1.165) is 5.56 Å². The number of phenols is 1. The Labute approximate surface area is 87.6 Å². The Morgan fingerprint density at radius 2 is 2.13 bits per heavy atom. The van der Waals surface area contributed by atoms with E-state index in [1.165, 1.54) is 0 Å². The van der Waals surface area contributed by atoms with Crippen LogP contribution in [0.25, 0.3) is 0 Å². The Morgan fingerprint density at radius 3 is 2.67 bits per heavy atom. The number of phenolic OH excluding ortho intramolecular Hbond substituents is 1. The van der Waals surface area contributed by atoms with Crippen LogP contribution in [0.15, 0.2) is 29.4 Å². The van der Waals surface area contributed by atoms with Gasteiger partial charge >= 0.3 is 0 Å². The van der Waals surface area contributed by atoms with E-state index in [9.17, 15) is 9.90 Å². The Morgan fingerprint density at radius 1 is 1.40 bits per heavy atom. The summed E-state index contributed by atoms with van der Waals surface area (Å²) in [4.78, 5) is 11.5. The van der Waals surface area contributed by atoms with E-state index in [1.54, 1.807) is 32.0 Å². The molecule has 15 heavy (non-hydrogen) atoms. The molecule has 4 heteroatoms. The first-order chi connectivity index (χ1) is 7.01. The van der Waals surface area contributed by atoms with Gasteiger partial charge in [0.05, 0.1) is 11.1 Å². The van der Waals surface area contributed by atoms with Crippen molar-refractivity contribution in [2.45, 2.75) is 13.8 Å². The molecular weight excluding hydrogens is 192 g/mol. The molecule has 1 amide bonds. The van der Waals surface area contributed by atoms with E-state index in [4.69, 9.17) is 0 Å². The second kappa shape index (κ2) is 3.08. The summed E-state index contributed by atoms with van der Waals surface area (Å²) in [6.07, 6.45) is 0. The first-order valence-electron chi connectivity index (χ1n) is 4.70. The molecule has 0 aliphatic carbocycles. The molecule has 1 aromatic rings. The molecule has 0 aromatic heterocycles. The highest BCUT2D eigenvalue weighted by molar-refractivity contribution is 6.19. The zero-order valence-electron chi connectivity index (χ0n) is 8.61. The minimum atomic E-state index is -0.645. The lowest BCUT2D eigenvalue weighted by atomic mass is 9.84. The van der Waals surface area contributed by atoms with Crippen molar-refractivity contribution >= 4 is 11.6 Å². The van der Waals surface area contributed by atoms with Crippen LogP contribution in [0.2, 0.25) is 0 Å². The number of nitrogens with one attached hydrogen (secondary N) is 1. The van der Waals surface area contributed by atoms with E-state index < -0.39 is 5.41 Å². The molecule has 0 unspecified atom stereocenters. The predicted octanol–water partition coefficient (Wildman–Crippen LogP) is 1.25. The van der Waals surface area contributed by atoms with Crippen molar-refractivity contribution in [1.29, 1.82) is 0 Å². The summed E-state index contributed by atoms with van der Waals surface area (Å²) in [6, 6.07) is 6.73. The maximum Gasteiger partial charge on any atom is 0.251 e. The molecule has 1 heterocycles. The van der Waals surface area contributed by atoms with E-state index in [0.29, 0.717) is 5.71 Å². The molecule has 0 atom stereocenters. The van der Waals surface area contributed by atoms with Crippen molar-refractivity contribution in [2.24, 2.45) is 10.5 Å². The van der Waals surface area contributed by atoms with Gasteiger partial charge in [-0.1, -0.05) is 12.1 Å². The van der Waals surface area contributed by atoms with Gasteiger partial charge in [-0.05, 0) is 26.0 Å². The normalized spacial score (nSPS) is 18.5. The molecule has 1 aliphatic heterocycles. The summed E-state index contributed by atoms with van der Waals surface area (Å²) in [5.41, 5.74) is 3.22. The predicted molar refractivity (Wildman–Crippen MR) is 56.6 cm³/mol. The first kappa shape index (κ1) is 9.71. The van der Waals surface area contributed by atoms with Crippen LogP contribution in [0.5, 0.6) is 5.75 Å². The number of rotatable bonds is 1. The number of hydrogen-bond acceptors (Lipinski definition) is 3. The van der Waals surface area contributed by atoms with Crippen LogP contribution in [-0.2, 0) is 4.79 Å². The Hall–Kier alpha value is -1.84. The Kier molecular flexibility index (Phi) is 2.00. The van der Waals surface area contributed by atoms with E-state index in [2.05, 4.69) is 10.5 Å². The number of hydrogen-bond donors (Lipinski definition) is 2. The highest BCUT2D eigenvalue weighted by atomic mass is 16.3. The fourth-order valence-electron chi connectivity index (χ4n) is 1.57. The van der Waals surface area contributed by atoms with Crippen molar-refractivity contribution in [2.75, 3.05) is 0 Å². The number of amides is 1. The van der Waals surface area contributed by atoms with Gasteiger partial charge < -0.3 is 5.11 Å². The summed E-state index contributed by atoms with van der Waals surface area (Å²) >= 11 is 0. The molecular formula is C11H12N2O2. The summed E-state index contributed by atoms with van der Waals surface area (Å²) < 4.78 is 0. The maximum atomic E-state index is 11.5. The molecule has 78 valence electrons. The zero-order valence-corrected chi connectivity index (χ0v) is 8.61. The molecule has 0 radical (unpaired) electrons.